The molecule has 0 saturated heterocycles. The molecule has 0 saturated carbocycles. The van der Waals surface area contributed by atoms with Gasteiger partial charge in [0.25, 0.3) is 0 Å². The number of unbranched alkanes of at least 4 members (excludes halogenated alkanes) is 2. The van der Waals surface area contributed by atoms with Crippen LogP contribution in [0.3, 0.4) is 0 Å². The second-order valence-corrected chi connectivity index (χ2v) is 7.51. The first kappa shape index (κ1) is 21.3. The smallest absolute Gasteiger partial charge is 0.104 e. The van der Waals surface area contributed by atoms with Crippen molar-refractivity contribution in [1.82, 2.24) is 0 Å². The Bertz CT molecular complexity index is 729. The third kappa shape index (κ3) is 5.99. The Morgan fingerprint density at radius 1 is 0.889 bits per heavy atom. The van der Waals surface area contributed by atoms with Crippen molar-refractivity contribution in [2.45, 2.75) is 65.1 Å². The van der Waals surface area contributed by atoms with Gasteiger partial charge in [-0.2, -0.15) is 0 Å². The van der Waals surface area contributed by atoms with Crippen molar-refractivity contribution in [2.24, 2.45) is 0 Å². The molecule has 2 aromatic rings. The van der Waals surface area contributed by atoms with Gasteiger partial charge in [-0.25, -0.2) is 0 Å². The highest BCUT2D eigenvalue weighted by Gasteiger charge is 2.22. The minimum absolute atomic E-state index is 0.376. The molecule has 0 fully saturated rings. The predicted octanol–water partition coefficient (Wildman–Crippen LogP) is 5.90. The number of rotatable bonds is 12. The Morgan fingerprint density at radius 3 is 2.33 bits per heavy atom. The van der Waals surface area contributed by atoms with Crippen LogP contribution in [0.2, 0.25) is 6.32 Å². The van der Waals surface area contributed by atoms with E-state index in [0.29, 0.717) is 6.71 Å². The van der Waals surface area contributed by atoms with Crippen molar-refractivity contribution >= 4 is 17.6 Å². The van der Waals surface area contributed by atoms with Gasteiger partial charge in [-0.05, 0) is 55.1 Å². The Balaban J connectivity index is 2.46. The monoisotopic (exact) mass is 358 g/mol. The summed E-state index contributed by atoms with van der Waals surface area (Å²) in [7, 11) is 0. The van der Waals surface area contributed by atoms with E-state index in [4.69, 9.17) is 0 Å². The summed E-state index contributed by atoms with van der Waals surface area (Å²) < 4.78 is 0. The third-order valence-corrected chi connectivity index (χ3v) is 5.41. The number of benzene rings is 2. The lowest BCUT2D eigenvalue weighted by Crippen LogP contribution is -2.44. The first-order valence-electron chi connectivity index (χ1n) is 10.7. The van der Waals surface area contributed by atoms with Crippen LogP contribution in [0, 0.1) is 0 Å². The topological polar surface area (TPSA) is 0 Å². The fraction of sp³-hybridized carbons (Fsp3) is 0.385. The van der Waals surface area contributed by atoms with E-state index in [1.165, 1.54) is 59.7 Å². The molecule has 0 N–H and O–H groups in total. The molecular weight excluding hydrogens is 323 g/mol. The Hall–Kier alpha value is -2.02. The van der Waals surface area contributed by atoms with Crippen LogP contribution in [0.15, 0.2) is 67.8 Å². The molecule has 27 heavy (non-hydrogen) atoms. The molecule has 0 amide bonds. The van der Waals surface area contributed by atoms with Crippen LogP contribution in [0.1, 0.15) is 56.2 Å². The highest BCUT2D eigenvalue weighted by molar-refractivity contribution is 6.85. The van der Waals surface area contributed by atoms with Crippen molar-refractivity contribution in [1.29, 1.82) is 0 Å². The summed E-state index contributed by atoms with van der Waals surface area (Å²) in [6.45, 7) is 13.0. The molecular formula is C26H35B. The number of aryl methyl sites for hydroxylation is 2. The molecule has 0 aromatic heterocycles. The molecule has 2 aromatic carbocycles. The summed E-state index contributed by atoms with van der Waals surface area (Å²) in [5.41, 5.74) is 7.30. The summed E-state index contributed by atoms with van der Waals surface area (Å²) in [5, 5.41) is 0. The second-order valence-electron chi connectivity index (χ2n) is 7.51. The Kier molecular flexibility index (Phi) is 9.18. The lowest BCUT2D eigenvalue weighted by Gasteiger charge is -2.20. The van der Waals surface area contributed by atoms with Gasteiger partial charge < -0.3 is 0 Å². The van der Waals surface area contributed by atoms with E-state index < -0.39 is 0 Å². The zero-order chi connectivity index (χ0) is 19.5. The van der Waals surface area contributed by atoms with Crippen molar-refractivity contribution in [3.05, 3.63) is 84.5 Å². The van der Waals surface area contributed by atoms with Crippen LogP contribution in [-0.4, -0.2) is 6.71 Å². The summed E-state index contributed by atoms with van der Waals surface area (Å²) >= 11 is 0. The van der Waals surface area contributed by atoms with Crippen LogP contribution in [0.4, 0.5) is 0 Å². The van der Waals surface area contributed by atoms with Crippen molar-refractivity contribution < 1.29 is 0 Å². The van der Waals surface area contributed by atoms with Gasteiger partial charge in [-0.1, -0.05) is 92.2 Å². The molecule has 142 valence electrons. The zero-order valence-electron chi connectivity index (χ0n) is 17.3. The maximum absolute atomic E-state index is 4.05. The van der Waals surface area contributed by atoms with E-state index >= 15 is 0 Å². The predicted molar refractivity (Wildman–Crippen MR) is 124 cm³/mol. The minimum atomic E-state index is 0.376. The molecule has 0 aliphatic carbocycles. The molecule has 0 heterocycles. The van der Waals surface area contributed by atoms with Gasteiger partial charge in [-0.15, -0.1) is 13.2 Å². The van der Waals surface area contributed by atoms with Gasteiger partial charge in [0.05, 0.1) is 0 Å². The Morgan fingerprint density at radius 2 is 1.63 bits per heavy atom. The fourth-order valence-corrected chi connectivity index (χ4v) is 3.93. The normalized spacial score (nSPS) is 10.6. The van der Waals surface area contributed by atoms with Gasteiger partial charge in [0, 0.05) is 0 Å². The average Bonchev–Trinajstić information content (AvgIpc) is 2.70. The molecule has 0 aliphatic rings. The lowest BCUT2D eigenvalue weighted by molar-refractivity contribution is 0.790. The molecule has 0 unspecified atom stereocenters. The van der Waals surface area contributed by atoms with Gasteiger partial charge in [-0.3, -0.25) is 0 Å². The lowest BCUT2D eigenvalue weighted by atomic mass is 9.37. The first-order chi connectivity index (χ1) is 13.2. The minimum Gasteiger partial charge on any atom is -0.104 e. The number of hydrogen-bond donors (Lipinski definition) is 0. The maximum atomic E-state index is 4.05. The molecule has 0 spiro atoms. The van der Waals surface area contributed by atoms with E-state index in [2.05, 4.69) is 81.6 Å². The summed E-state index contributed by atoms with van der Waals surface area (Å²) in [5.74, 6) is 0. The van der Waals surface area contributed by atoms with Crippen molar-refractivity contribution in [3.8, 4) is 0 Å². The SMILES string of the molecule is C=CCB(c1cccc(CCCC)c1)c1cccc(CCCC)c1CC=C. The largest absolute Gasteiger partial charge is 0.213 e. The Labute approximate surface area is 167 Å². The molecule has 1 heteroatoms. The maximum Gasteiger partial charge on any atom is 0.213 e. The van der Waals surface area contributed by atoms with Crippen LogP contribution >= 0.6 is 0 Å². The number of allylic oxidation sites excluding steroid dienone is 2. The number of hydrogen-bond acceptors (Lipinski definition) is 0. The summed E-state index contributed by atoms with van der Waals surface area (Å²) in [4.78, 5) is 0. The van der Waals surface area contributed by atoms with E-state index in [0.717, 1.165) is 19.2 Å². The fourth-order valence-electron chi connectivity index (χ4n) is 3.93. The quantitative estimate of drug-likeness (QED) is 0.328. The molecule has 0 aliphatic heterocycles. The summed E-state index contributed by atoms with van der Waals surface area (Å²) in [6, 6.07) is 16.1. The van der Waals surface area contributed by atoms with E-state index in [1.807, 2.05) is 0 Å². The van der Waals surface area contributed by atoms with Gasteiger partial charge in [0.2, 0.25) is 6.71 Å². The third-order valence-electron chi connectivity index (χ3n) is 5.41. The molecule has 0 bridgehead atoms. The highest BCUT2D eigenvalue weighted by Crippen LogP contribution is 2.15. The molecule has 0 atom stereocenters. The van der Waals surface area contributed by atoms with E-state index in [9.17, 15) is 0 Å². The zero-order valence-corrected chi connectivity index (χ0v) is 17.3. The van der Waals surface area contributed by atoms with E-state index in [1.54, 1.807) is 0 Å². The average molecular weight is 358 g/mol. The highest BCUT2D eigenvalue weighted by atomic mass is 14.1. The van der Waals surface area contributed by atoms with Gasteiger partial charge in [0.15, 0.2) is 0 Å². The standard InChI is InChI=1S/C26H35B/c1-5-9-14-22-15-11-18-24(21-22)27(20-8-4)26-19-12-17-23(16-10-6-2)25(26)13-7-3/h7-8,11-12,15,17-19,21H,3-6,9-10,13-14,16,20H2,1-2H3. The summed E-state index contributed by atoms with van der Waals surface area (Å²) in [6.07, 6.45) is 13.3. The van der Waals surface area contributed by atoms with Crippen LogP contribution in [0.5, 0.6) is 0 Å². The second kappa shape index (κ2) is 11.6. The van der Waals surface area contributed by atoms with Gasteiger partial charge in [0.1, 0.15) is 0 Å². The first-order valence-corrected chi connectivity index (χ1v) is 10.7. The van der Waals surface area contributed by atoms with Crippen LogP contribution < -0.4 is 10.9 Å². The van der Waals surface area contributed by atoms with Gasteiger partial charge >= 0.3 is 0 Å². The van der Waals surface area contributed by atoms with Crippen molar-refractivity contribution in [3.63, 3.8) is 0 Å². The van der Waals surface area contributed by atoms with Crippen LogP contribution in [-0.2, 0) is 19.3 Å². The van der Waals surface area contributed by atoms with Crippen molar-refractivity contribution in [2.75, 3.05) is 0 Å². The molecule has 0 radical (unpaired) electrons. The molecule has 0 nitrogen and oxygen atoms in total. The van der Waals surface area contributed by atoms with Crippen LogP contribution in [0.25, 0.3) is 0 Å². The van der Waals surface area contributed by atoms with E-state index in [-0.39, 0.29) is 0 Å². The molecule has 2 rings (SSSR count).